The maximum absolute atomic E-state index is 12.8. The second-order valence-corrected chi connectivity index (χ2v) is 8.21. The van der Waals surface area contributed by atoms with E-state index < -0.39 is 10.0 Å². The van der Waals surface area contributed by atoms with Crippen LogP contribution in [0.25, 0.3) is 0 Å². The summed E-state index contributed by atoms with van der Waals surface area (Å²) in [6.07, 6.45) is 0.963. The first-order valence-electron chi connectivity index (χ1n) is 8.57. The maximum Gasteiger partial charge on any atom is 0.241 e. The third-order valence-corrected chi connectivity index (χ3v) is 5.89. The van der Waals surface area contributed by atoms with Crippen molar-refractivity contribution in [1.29, 1.82) is 0 Å². The van der Waals surface area contributed by atoms with Crippen molar-refractivity contribution < 1.29 is 13.2 Å². The molecule has 0 saturated heterocycles. The van der Waals surface area contributed by atoms with Crippen LogP contribution in [0, 0.1) is 0 Å². The van der Waals surface area contributed by atoms with Gasteiger partial charge in [0, 0.05) is 6.04 Å². The van der Waals surface area contributed by atoms with Gasteiger partial charge < -0.3 is 4.74 Å². The van der Waals surface area contributed by atoms with Crippen LogP contribution in [-0.4, -0.2) is 15.5 Å². The molecule has 1 atom stereocenters. The summed E-state index contributed by atoms with van der Waals surface area (Å²) in [6, 6.07) is 12.7. The number of hydrogen-bond donors (Lipinski definition) is 1. The minimum Gasteiger partial charge on any atom is -0.496 e. The fourth-order valence-electron chi connectivity index (χ4n) is 2.74. The van der Waals surface area contributed by atoms with Crippen molar-refractivity contribution in [2.45, 2.75) is 51.0 Å². The molecule has 2 aromatic rings. The van der Waals surface area contributed by atoms with Crippen molar-refractivity contribution in [3.8, 4) is 5.75 Å². The van der Waals surface area contributed by atoms with E-state index in [1.807, 2.05) is 45.0 Å². The fourth-order valence-corrected chi connectivity index (χ4v) is 4.01. The minimum atomic E-state index is -3.61. The molecule has 0 aliphatic carbocycles. The van der Waals surface area contributed by atoms with Crippen LogP contribution >= 0.6 is 0 Å². The lowest BCUT2D eigenvalue weighted by Crippen LogP contribution is -2.27. The molecule has 2 rings (SSSR count). The molecule has 25 heavy (non-hydrogen) atoms. The number of nitrogens with one attached hydrogen (secondary N) is 1. The predicted octanol–water partition coefficient (Wildman–Crippen LogP) is 4.42. The quantitative estimate of drug-likeness (QED) is 0.794. The van der Waals surface area contributed by atoms with E-state index in [9.17, 15) is 8.42 Å². The summed E-state index contributed by atoms with van der Waals surface area (Å²) in [5.74, 6) is 0.876. The van der Waals surface area contributed by atoms with Gasteiger partial charge in [-0.25, -0.2) is 13.1 Å². The molecular weight excluding hydrogens is 334 g/mol. The van der Waals surface area contributed by atoms with Crippen LogP contribution in [0.3, 0.4) is 0 Å². The second-order valence-electron chi connectivity index (χ2n) is 6.50. The zero-order chi connectivity index (χ0) is 18.6. The second kappa shape index (κ2) is 8.02. The van der Waals surface area contributed by atoms with E-state index in [1.165, 1.54) is 5.56 Å². The minimum absolute atomic E-state index is 0.170. The number of sulfonamides is 1. The Morgan fingerprint density at radius 1 is 1.04 bits per heavy atom. The highest BCUT2D eigenvalue weighted by Crippen LogP contribution is 2.29. The van der Waals surface area contributed by atoms with Crippen molar-refractivity contribution in [3.63, 3.8) is 0 Å². The Labute approximate surface area is 151 Å². The number of aryl methyl sites for hydroxylation is 1. The average molecular weight is 362 g/mol. The van der Waals surface area contributed by atoms with E-state index in [2.05, 4.69) is 11.6 Å². The lowest BCUT2D eigenvalue weighted by atomic mass is 10.0. The summed E-state index contributed by atoms with van der Waals surface area (Å²) in [7, 11) is -2.02. The topological polar surface area (TPSA) is 55.4 Å². The smallest absolute Gasteiger partial charge is 0.241 e. The van der Waals surface area contributed by atoms with Crippen molar-refractivity contribution >= 4 is 10.0 Å². The molecule has 1 N–H and O–H groups in total. The van der Waals surface area contributed by atoms with E-state index >= 15 is 0 Å². The molecule has 0 aliphatic heterocycles. The van der Waals surface area contributed by atoms with Gasteiger partial charge in [0.1, 0.15) is 5.75 Å². The zero-order valence-electron chi connectivity index (χ0n) is 15.5. The summed E-state index contributed by atoms with van der Waals surface area (Å²) in [4.78, 5) is 0.258. The zero-order valence-corrected chi connectivity index (χ0v) is 16.4. The Kier molecular flexibility index (Phi) is 6.25. The van der Waals surface area contributed by atoms with Gasteiger partial charge in [-0.15, -0.1) is 0 Å². The molecule has 0 aliphatic rings. The molecule has 0 heterocycles. The van der Waals surface area contributed by atoms with Crippen LogP contribution in [0.2, 0.25) is 0 Å². The fraction of sp³-hybridized carbons (Fsp3) is 0.400. The molecule has 5 heteroatoms. The molecule has 4 nitrogen and oxygen atoms in total. The molecule has 2 aromatic carbocycles. The molecule has 0 aromatic heterocycles. The average Bonchev–Trinajstić information content (AvgIpc) is 2.60. The van der Waals surface area contributed by atoms with Crippen molar-refractivity contribution in [2.75, 3.05) is 7.11 Å². The van der Waals surface area contributed by atoms with Crippen molar-refractivity contribution in [3.05, 3.63) is 59.2 Å². The largest absolute Gasteiger partial charge is 0.496 e. The molecule has 0 bridgehead atoms. The third-order valence-electron chi connectivity index (χ3n) is 4.35. The van der Waals surface area contributed by atoms with Crippen LogP contribution < -0.4 is 9.46 Å². The number of rotatable bonds is 7. The van der Waals surface area contributed by atoms with Gasteiger partial charge in [-0.05, 0) is 54.2 Å². The van der Waals surface area contributed by atoms with Gasteiger partial charge >= 0.3 is 0 Å². The van der Waals surface area contributed by atoms with E-state index in [0.29, 0.717) is 5.75 Å². The van der Waals surface area contributed by atoms with Crippen LogP contribution in [0.4, 0.5) is 0 Å². The molecule has 1 unspecified atom stereocenters. The number of hydrogen-bond acceptors (Lipinski definition) is 3. The molecule has 0 saturated carbocycles. The summed E-state index contributed by atoms with van der Waals surface area (Å²) in [6.45, 7) is 7.97. The molecule has 0 fully saturated rings. The van der Waals surface area contributed by atoms with Gasteiger partial charge in [0.05, 0.1) is 12.0 Å². The summed E-state index contributed by atoms with van der Waals surface area (Å²) in [5, 5.41) is 0. The number of benzene rings is 2. The Bertz CT molecular complexity index is 811. The van der Waals surface area contributed by atoms with E-state index in [-0.39, 0.29) is 16.9 Å². The van der Waals surface area contributed by atoms with Gasteiger partial charge in [-0.3, -0.25) is 0 Å². The first-order chi connectivity index (χ1) is 11.8. The number of methoxy groups -OCH3 is 1. The molecule has 0 spiro atoms. The molecule has 136 valence electrons. The predicted molar refractivity (Wildman–Crippen MR) is 102 cm³/mol. The summed E-state index contributed by atoms with van der Waals surface area (Å²) >= 11 is 0. The Morgan fingerprint density at radius 2 is 1.68 bits per heavy atom. The van der Waals surface area contributed by atoms with Crippen LogP contribution in [0.15, 0.2) is 47.4 Å². The lowest BCUT2D eigenvalue weighted by Gasteiger charge is -2.17. The summed E-state index contributed by atoms with van der Waals surface area (Å²) in [5.41, 5.74) is 3.05. The van der Waals surface area contributed by atoms with Gasteiger partial charge in [0.15, 0.2) is 0 Å². The first-order valence-corrected chi connectivity index (χ1v) is 10.1. The Hall–Kier alpha value is -1.85. The summed E-state index contributed by atoms with van der Waals surface area (Å²) < 4.78 is 33.6. The van der Waals surface area contributed by atoms with Crippen molar-refractivity contribution in [1.82, 2.24) is 4.72 Å². The van der Waals surface area contributed by atoms with Gasteiger partial charge in [-0.1, -0.05) is 45.0 Å². The van der Waals surface area contributed by atoms with E-state index in [1.54, 1.807) is 25.3 Å². The first kappa shape index (κ1) is 19.5. The van der Waals surface area contributed by atoms with Gasteiger partial charge in [0.25, 0.3) is 0 Å². The molecule has 0 radical (unpaired) electrons. The Balaban J connectivity index is 2.27. The molecule has 0 amide bonds. The van der Waals surface area contributed by atoms with E-state index in [0.717, 1.165) is 17.5 Å². The van der Waals surface area contributed by atoms with Crippen molar-refractivity contribution in [2.24, 2.45) is 0 Å². The lowest BCUT2D eigenvalue weighted by molar-refractivity contribution is 0.407. The maximum atomic E-state index is 12.8. The van der Waals surface area contributed by atoms with Crippen LogP contribution in [0.1, 0.15) is 56.3 Å². The van der Waals surface area contributed by atoms with Crippen LogP contribution in [0.5, 0.6) is 5.75 Å². The SMILES string of the molecule is CCc1ccc(C(C)NS(=O)(=O)c2ccc(OC)c(C(C)C)c2)cc1. The third kappa shape index (κ3) is 4.61. The van der Waals surface area contributed by atoms with E-state index in [4.69, 9.17) is 4.74 Å². The van der Waals surface area contributed by atoms with Gasteiger partial charge in [0.2, 0.25) is 10.0 Å². The monoisotopic (exact) mass is 361 g/mol. The Morgan fingerprint density at radius 3 is 2.20 bits per heavy atom. The standard InChI is InChI=1S/C20H27NO3S/c1-6-16-7-9-17(10-8-16)15(4)21-25(22,23)18-11-12-20(24-5)19(13-18)14(2)3/h7-15,21H,6H2,1-5H3. The highest BCUT2D eigenvalue weighted by Gasteiger charge is 2.20. The van der Waals surface area contributed by atoms with Gasteiger partial charge in [-0.2, -0.15) is 0 Å². The highest BCUT2D eigenvalue weighted by atomic mass is 32.2. The molecular formula is C20H27NO3S. The van der Waals surface area contributed by atoms with Crippen LogP contribution in [-0.2, 0) is 16.4 Å². The normalized spacial score (nSPS) is 13.0. The highest BCUT2D eigenvalue weighted by molar-refractivity contribution is 7.89. The number of ether oxygens (including phenoxy) is 1.